The Hall–Kier alpha value is -1.28. The van der Waals surface area contributed by atoms with Crippen LogP contribution in [0.2, 0.25) is 0 Å². The first kappa shape index (κ1) is 9.28. The van der Waals surface area contributed by atoms with Crippen LogP contribution in [0, 0.1) is 6.92 Å². The number of quaternary nitrogens is 1. The summed E-state index contributed by atoms with van der Waals surface area (Å²) in [6.07, 6.45) is 4.42. The van der Waals surface area contributed by atoms with Gasteiger partial charge in [0, 0.05) is 23.5 Å². The monoisotopic (exact) mass is 189 g/mol. The van der Waals surface area contributed by atoms with Crippen LogP contribution in [0.1, 0.15) is 17.5 Å². The van der Waals surface area contributed by atoms with E-state index in [1.807, 2.05) is 0 Å². The van der Waals surface area contributed by atoms with Gasteiger partial charge in [-0.05, 0) is 30.5 Å². The normalized spacial score (nSPS) is 11.0. The van der Waals surface area contributed by atoms with Crippen LogP contribution in [0.25, 0.3) is 10.9 Å². The van der Waals surface area contributed by atoms with Crippen LogP contribution < -0.4 is 5.73 Å². The van der Waals surface area contributed by atoms with Crippen LogP contribution in [0.15, 0.2) is 24.4 Å². The maximum Gasteiger partial charge on any atom is 0.0743 e. The Morgan fingerprint density at radius 1 is 1.36 bits per heavy atom. The average molecular weight is 189 g/mol. The van der Waals surface area contributed by atoms with Crippen LogP contribution in [0.4, 0.5) is 0 Å². The van der Waals surface area contributed by atoms with Crippen molar-refractivity contribution in [2.75, 3.05) is 6.54 Å². The maximum atomic E-state index is 3.87. The molecule has 4 N–H and O–H groups in total. The molecule has 0 aliphatic rings. The summed E-state index contributed by atoms with van der Waals surface area (Å²) in [6, 6.07) is 6.58. The molecule has 2 rings (SSSR count). The SMILES string of the molecule is Cc1ccc2c(CCC[NH3+])c[nH]c2c1. The van der Waals surface area contributed by atoms with Crippen molar-refractivity contribution in [3.8, 4) is 0 Å². The Bertz CT molecular complexity index is 429. The van der Waals surface area contributed by atoms with E-state index in [1.54, 1.807) is 0 Å². The van der Waals surface area contributed by atoms with Crippen LogP contribution in [0.5, 0.6) is 0 Å². The Kier molecular flexibility index (Phi) is 2.55. The standard InChI is InChI=1S/C12H16N2/c1-9-4-5-11-10(3-2-6-13)8-14-12(11)7-9/h4-5,7-8,14H,2-3,6,13H2,1H3/p+1. The van der Waals surface area contributed by atoms with Crippen molar-refractivity contribution in [3.05, 3.63) is 35.5 Å². The maximum absolute atomic E-state index is 3.87. The van der Waals surface area contributed by atoms with Gasteiger partial charge in [0.25, 0.3) is 0 Å². The Morgan fingerprint density at radius 2 is 2.21 bits per heavy atom. The van der Waals surface area contributed by atoms with E-state index >= 15 is 0 Å². The highest BCUT2D eigenvalue weighted by molar-refractivity contribution is 5.83. The van der Waals surface area contributed by atoms with Gasteiger partial charge in [0.1, 0.15) is 0 Å². The van der Waals surface area contributed by atoms with Crippen molar-refractivity contribution in [1.29, 1.82) is 0 Å². The van der Waals surface area contributed by atoms with Gasteiger partial charge in [0.2, 0.25) is 0 Å². The van der Waals surface area contributed by atoms with E-state index in [1.165, 1.54) is 28.5 Å². The highest BCUT2D eigenvalue weighted by atomic mass is 14.7. The first-order valence-electron chi connectivity index (χ1n) is 5.17. The number of H-pyrrole nitrogens is 1. The molecule has 74 valence electrons. The van der Waals surface area contributed by atoms with Crippen molar-refractivity contribution >= 4 is 10.9 Å². The van der Waals surface area contributed by atoms with E-state index in [0.717, 1.165) is 13.0 Å². The summed E-state index contributed by atoms with van der Waals surface area (Å²) < 4.78 is 0. The van der Waals surface area contributed by atoms with Crippen molar-refractivity contribution in [2.24, 2.45) is 0 Å². The summed E-state index contributed by atoms with van der Waals surface area (Å²) in [5.41, 5.74) is 7.85. The van der Waals surface area contributed by atoms with E-state index in [4.69, 9.17) is 0 Å². The first-order chi connectivity index (χ1) is 6.81. The second-order valence-corrected chi connectivity index (χ2v) is 3.82. The molecule has 2 aromatic rings. The summed E-state index contributed by atoms with van der Waals surface area (Å²) >= 11 is 0. The van der Waals surface area contributed by atoms with Crippen LogP contribution in [-0.4, -0.2) is 11.5 Å². The summed E-state index contributed by atoms with van der Waals surface area (Å²) in [7, 11) is 0. The molecule has 2 nitrogen and oxygen atoms in total. The lowest BCUT2D eigenvalue weighted by molar-refractivity contribution is -0.368. The van der Waals surface area contributed by atoms with Crippen molar-refractivity contribution in [2.45, 2.75) is 19.8 Å². The molecule has 0 aliphatic heterocycles. The fourth-order valence-corrected chi connectivity index (χ4v) is 1.82. The first-order valence-corrected chi connectivity index (χ1v) is 5.17. The minimum atomic E-state index is 1.01. The molecule has 0 fully saturated rings. The zero-order valence-corrected chi connectivity index (χ0v) is 8.64. The number of hydrogen-bond donors (Lipinski definition) is 2. The third-order valence-corrected chi connectivity index (χ3v) is 2.62. The number of fused-ring (bicyclic) bond motifs is 1. The van der Waals surface area contributed by atoms with Gasteiger partial charge < -0.3 is 10.7 Å². The van der Waals surface area contributed by atoms with Crippen molar-refractivity contribution in [3.63, 3.8) is 0 Å². The van der Waals surface area contributed by atoms with E-state index in [9.17, 15) is 0 Å². The molecular formula is C12H17N2+. The fourth-order valence-electron chi connectivity index (χ4n) is 1.82. The second kappa shape index (κ2) is 3.84. The van der Waals surface area contributed by atoms with E-state index in [0.29, 0.717) is 0 Å². The summed E-state index contributed by atoms with van der Waals surface area (Å²) in [6.45, 7) is 3.13. The van der Waals surface area contributed by atoms with E-state index in [2.05, 4.69) is 42.0 Å². The van der Waals surface area contributed by atoms with Gasteiger partial charge in [0.15, 0.2) is 0 Å². The van der Waals surface area contributed by atoms with Crippen LogP contribution in [-0.2, 0) is 6.42 Å². The largest absolute Gasteiger partial charge is 0.361 e. The Balaban J connectivity index is 2.37. The molecule has 0 radical (unpaired) electrons. The molecule has 0 amide bonds. The number of benzene rings is 1. The fraction of sp³-hybridized carbons (Fsp3) is 0.333. The Labute approximate surface area is 84.1 Å². The minimum absolute atomic E-state index is 1.01. The molecule has 0 saturated heterocycles. The predicted octanol–water partition coefficient (Wildman–Crippen LogP) is 1.65. The molecule has 1 aromatic heterocycles. The second-order valence-electron chi connectivity index (χ2n) is 3.82. The third-order valence-electron chi connectivity index (χ3n) is 2.62. The van der Waals surface area contributed by atoms with Crippen molar-refractivity contribution < 1.29 is 5.73 Å². The molecule has 0 saturated carbocycles. The third kappa shape index (κ3) is 1.66. The molecule has 0 unspecified atom stereocenters. The smallest absolute Gasteiger partial charge is 0.0743 e. The zero-order chi connectivity index (χ0) is 9.97. The van der Waals surface area contributed by atoms with Gasteiger partial charge in [-0.25, -0.2) is 0 Å². The van der Waals surface area contributed by atoms with E-state index in [-0.39, 0.29) is 0 Å². The van der Waals surface area contributed by atoms with Gasteiger partial charge in [-0.2, -0.15) is 0 Å². The molecule has 0 spiro atoms. The molecule has 0 aliphatic carbocycles. The van der Waals surface area contributed by atoms with Crippen LogP contribution in [0.3, 0.4) is 0 Å². The zero-order valence-electron chi connectivity index (χ0n) is 8.64. The lowest BCUT2D eigenvalue weighted by Gasteiger charge is -1.97. The lowest BCUT2D eigenvalue weighted by Crippen LogP contribution is -2.50. The number of hydrogen-bond acceptors (Lipinski definition) is 0. The quantitative estimate of drug-likeness (QED) is 0.737. The minimum Gasteiger partial charge on any atom is -0.361 e. The highest BCUT2D eigenvalue weighted by Gasteiger charge is 2.02. The lowest BCUT2D eigenvalue weighted by atomic mass is 10.1. The van der Waals surface area contributed by atoms with Gasteiger partial charge in [0.05, 0.1) is 6.54 Å². The van der Waals surface area contributed by atoms with Gasteiger partial charge in [-0.15, -0.1) is 0 Å². The molecule has 2 heteroatoms. The Morgan fingerprint density at radius 3 is 3.00 bits per heavy atom. The summed E-state index contributed by atoms with van der Waals surface area (Å²) in [5.74, 6) is 0. The summed E-state index contributed by atoms with van der Waals surface area (Å²) in [5, 5.41) is 1.36. The number of nitrogens with one attached hydrogen (secondary N) is 1. The number of aryl methyl sites for hydroxylation is 2. The molecule has 0 bridgehead atoms. The molecule has 0 atom stereocenters. The molecule has 14 heavy (non-hydrogen) atoms. The van der Waals surface area contributed by atoms with E-state index < -0.39 is 0 Å². The number of rotatable bonds is 3. The average Bonchev–Trinajstić information content (AvgIpc) is 2.57. The predicted molar refractivity (Wildman–Crippen MR) is 59.1 cm³/mol. The molecule has 1 heterocycles. The van der Waals surface area contributed by atoms with Crippen molar-refractivity contribution in [1.82, 2.24) is 4.98 Å². The van der Waals surface area contributed by atoms with Gasteiger partial charge in [-0.1, -0.05) is 12.1 Å². The van der Waals surface area contributed by atoms with Gasteiger partial charge in [-0.3, -0.25) is 0 Å². The molecule has 1 aromatic carbocycles. The number of aromatic amines is 1. The molecular weight excluding hydrogens is 172 g/mol. The number of aromatic nitrogens is 1. The topological polar surface area (TPSA) is 43.4 Å². The summed E-state index contributed by atoms with van der Waals surface area (Å²) in [4.78, 5) is 3.32. The highest BCUT2D eigenvalue weighted by Crippen LogP contribution is 2.20. The van der Waals surface area contributed by atoms with Crippen LogP contribution >= 0.6 is 0 Å². The van der Waals surface area contributed by atoms with Gasteiger partial charge >= 0.3 is 0 Å².